The van der Waals surface area contributed by atoms with Crippen LogP contribution in [-0.2, 0) is 14.3 Å². The van der Waals surface area contributed by atoms with Gasteiger partial charge in [0.2, 0.25) is 11.8 Å². The molecule has 2 atom stereocenters. The maximum atomic E-state index is 13.5. The van der Waals surface area contributed by atoms with Gasteiger partial charge in [-0.3, -0.25) is 14.5 Å². The van der Waals surface area contributed by atoms with Gasteiger partial charge in [-0.25, -0.2) is 4.79 Å². The van der Waals surface area contributed by atoms with Crippen LogP contribution >= 0.6 is 0 Å². The number of fused-ring (bicyclic) bond motifs is 1. The van der Waals surface area contributed by atoms with Gasteiger partial charge in [-0.2, -0.15) is 0 Å². The van der Waals surface area contributed by atoms with Crippen molar-refractivity contribution in [3.8, 4) is 0 Å². The third-order valence-corrected chi connectivity index (χ3v) is 5.57. The lowest BCUT2D eigenvalue weighted by atomic mass is 9.94. The van der Waals surface area contributed by atoms with E-state index in [1.165, 1.54) is 0 Å². The summed E-state index contributed by atoms with van der Waals surface area (Å²) in [6, 6.07) is 5.37. The number of benzene rings is 1. The number of hydrogen-bond donors (Lipinski definition) is 2. The summed E-state index contributed by atoms with van der Waals surface area (Å²) in [4.78, 5) is 41.6. The van der Waals surface area contributed by atoms with Crippen LogP contribution in [-0.4, -0.2) is 58.8 Å². The molecule has 3 amide bonds. The first kappa shape index (κ1) is 21.1. The van der Waals surface area contributed by atoms with Crippen LogP contribution in [0.3, 0.4) is 0 Å². The highest BCUT2D eigenvalue weighted by Gasteiger charge is 2.47. The normalized spacial score (nSPS) is 23.0. The van der Waals surface area contributed by atoms with Gasteiger partial charge in [-0.1, -0.05) is 12.1 Å². The van der Waals surface area contributed by atoms with Crippen LogP contribution in [0.15, 0.2) is 24.3 Å². The molecule has 2 aliphatic heterocycles. The van der Waals surface area contributed by atoms with Crippen LogP contribution in [0.5, 0.6) is 0 Å². The zero-order valence-corrected chi connectivity index (χ0v) is 17.3. The molecule has 1 aromatic carbocycles. The molecule has 1 saturated heterocycles. The van der Waals surface area contributed by atoms with Crippen molar-refractivity contribution in [2.75, 3.05) is 23.4 Å². The summed E-state index contributed by atoms with van der Waals surface area (Å²) < 4.78 is 5.39. The molecule has 2 heterocycles. The summed E-state index contributed by atoms with van der Waals surface area (Å²) in [5, 5.41) is 12.7. The molecule has 0 saturated carbocycles. The predicted molar refractivity (Wildman–Crippen MR) is 109 cm³/mol. The number of rotatable bonds is 2. The number of para-hydroxylation sites is 2. The number of amides is 3. The highest BCUT2D eigenvalue weighted by atomic mass is 16.5. The summed E-state index contributed by atoms with van der Waals surface area (Å²) >= 11 is 0. The zero-order valence-electron chi connectivity index (χ0n) is 17.3. The molecule has 3 rings (SSSR count). The van der Waals surface area contributed by atoms with Crippen LogP contribution in [0.4, 0.5) is 16.2 Å². The molecule has 0 unspecified atom stereocenters. The molecule has 29 heavy (non-hydrogen) atoms. The summed E-state index contributed by atoms with van der Waals surface area (Å²) in [5.41, 5.74) is 0.268. The summed E-state index contributed by atoms with van der Waals surface area (Å²) in [6.45, 7) is 8.00. The molecule has 158 valence electrons. The Bertz CT molecular complexity index is 798. The molecule has 0 spiro atoms. The van der Waals surface area contributed by atoms with E-state index >= 15 is 0 Å². The van der Waals surface area contributed by atoms with Gasteiger partial charge in [0.25, 0.3) is 0 Å². The topological polar surface area (TPSA) is 99.2 Å². The van der Waals surface area contributed by atoms with Crippen molar-refractivity contribution in [2.24, 2.45) is 5.92 Å². The third kappa shape index (κ3) is 4.07. The third-order valence-electron chi connectivity index (χ3n) is 5.57. The average Bonchev–Trinajstić information content (AvgIpc) is 2.76. The number of hydrogen-bond acceptors (Lipinski definition) is 4. The molecular formula is C21H29N3O5. The second kappa shape index (κ2) is 8.02. The molecule has 0 bridgehead atoms. The first-order valence-electron chi connectivity index (χ1n) is 9.96. The lowest BCUT2D eigenvalue weighted by molar-refractivity contribution is -0.127. The molecule has 1 aromatic rings. The van der Waals surface area contributed by atoms with Gasteiger partial charge < -0.3 is 20.1 Å². The zero-order chi connectivity index (χ0) is 21.3. The Morgan fingerprint density at radius 3 is 2.41 bits per heavy atom. The first-order chi connectivity index (χ1) is 13.6. The van der Waals surface area contributed by atoms with Crippen molar-refractivity contribution in [1.82, 2.24) is 4.90 Å². The number of anilines is 2. The molecule has 1 fully saturated rings. The van der Waals surface area contributed by atoms with Crippen LogP contribution < -0.4 is 10.2 Å². The lowest BCUT2D eigenvalue weighted by Crippen LogP contribution is -2.63. The van der Waals surface area contributed by atoms with Crippen LogP contribution in [0.25, 0.3) is 0 Å². The van der Waals surface area contributed by atoms with Crippen molar-refractivity contribution >= 4 is 29.3 Å². The van der Waals surface area contributed by atoms with Crippen molar-refractivity contribution < 1.29 is 24.2 Å². The van der Waals surface area contributed by atoms with Gasteiger partial charge in [-0.05, 0) is 52.7 Å². The molecule has 8 heteroatoms. The van der Waals surface area contributed by atoms with E-state index in [4.69, 9.17) is 4.74 Å². The Balaban J connectivity index is 2.09. The maximum absolute atomic E-state index is 13.5. The average molecular weight is 403 g/mol. The Kier molecular flexibility index (Phi) is 5.84. The number of carboxylic acid groups (broad SMARTS) is 1. The SMILES string of the molecule is C[C@H]1[C@H](N(C(=O)O)C(C)(C)C)C(=O)Nc2ccccc2N1C(=O)C1CCOCC1. The number of nitrogens with one attached hydrogen (secondary N) is 1. The van der Waals surface area contributed by atoms with Gasteiger partial charge in [-0.15, -0.1) is 0 Å². The van der Waals surface area contributed by atoms with E-state index in [-0.39, 0.29) is 11.8 Å². The highest BCUT2D eigenvalue weighted by Crippen LogP contribution is 2.36. The molecule has 2 aliphatic rings. The summed E-state index contributed by atoms with van der Waals surface area (Å²) in [6.07, 6.45) is 0.0185. The van der Waals surface area contributed by atoms with E-state index < -0.39 is 29.6 Å². The summed E-state index contributed by atoms with van der Waals surface area (Å²) in [7, 11) is 0. The van der Waals surface area contributed by atoms with Crippen molar-refractivity contribution in [3.05, 3.63) is 24.3 Å². The molecule has 2 N–H and O–H groups in total. The van der Waals surface area contributed by atoms with Gasteiger partial charge in [0, 0.05) is 24.7 Å². The van der Waals surface area contributed by atoms with E-state index in [1.807, 2.05) is 0 Å². The minimum atomic E-state index is -1.20. The molecule has 0 aliphatic carbocycles. The van der Waals surface area contributed by atoms with E-state index in [9.17, 15) is 19.5 Å². The Hall–Kier alpha value is -2.61. The second-order valence-corrected chi connectivity index (χ2v) is 8.61. The van der Waals surface area contributed by atoms with Gasteiger partial charge in [0.1, 0.15) is 6.04 Å². The van der Waals surface area contributed by atoms with Crippen LogP contribution in [0.2, 0.25) is 0 Å². The second-order valence-electron chi connectivity index (χ2n) is 8.61. The number of carbonyl (C=O) groups excluding carboxylic acids is 2. The Labute approximate surface area is 170 Å². The van der Waals surface area contributed by atoms with E-state index in [2.05, 4.69) is 5.32 Å². The molecular weight excluding hydrogens is 374 g/mol. The predicted octanol–water partition coefficient (Wildman–Crippen LogP) is 2.93. The monoisotopic (exact) mass is 403 g/mol. The standard InChI is InChI=1S/C21H29N3O5/c1-13-17(24(20(27)28)21(2,3)4)18(25)22-15-7-5-6-8-16(15)23(13)19(26)14-9-11-29-12-10-14/h5-8,13-14,17H,9-12H2,1-4H3,(H,22,25)(H,27,28)/t13-,17-/m0/s1. The van der Waals surface area contributed by atoms with Gasteiger partial charge in [0.05, 0.1) is 17.4 Å². The largest absolute Gasteiger partial charge is 0.465 e. The molecule has 0 aromatic heterocycles. The van der Waals surface area contributed by atoms with E-state index in [0.29, 0.717) is 37.4 Å². The van der Waals surface area contributed by atoms with Crippen LogP contribution in [0, 0.1) is 5.92 Å². The first-order valence-corrected chi connectivity index (χ1v) is 9.96. The van der Waals surface area contributed by atoms with Crippen molar-refractivity contribution in [1.29, 1.82) is 0 Å². The minimum Gasteiger partial charge on any atom is -0.465 e. The fourth-order valence-electron chi connectivity index (χ4n) is 4.19. The smallest absolute Gasteiger partial charge is 0.408 e. The fourth-order valence-corrected chi connectivity index (χ4v) is 4.19. The Morgan fingerprint density at radius 1 is 1.21 bits per heavy atom. The van der Waals surface area contributed by atoms with E-state index in [0.717, 1.165) is 4.90 Å². The van der Waals surface area contributed by atoms with E-state index in [1.54, 1.807) is 56.9 Å². The quantitative estimate of drug-likeness (QED) is 0.791. The van der Waals surface area contributed by atoms with Crippen molar-refractivity contribution in [2.45, 2.75) is 58.2 Å². The lowest BCUT2D eigenvalue weighted by Gasteiger charge is -2.43. The fraction of sp³-hybridized carbons (Fsp3) is 0.571. The summed E-state index contributed by atoms with van der Waals surface area (Å²) in [5.74, 6) is -0.764. The number of nitrogens with zero attached hydrogens (tertiary/aromatic N) is 2. The van der Waals surface area contributed by atoms with Gasteiger partial charge >= 0.3 is 6.09 Å². The van der Waals surface area contributed by atoms with Crippen molar-refractivity contribution in [3.63, 3.8) is 0 Å². The molecule has 0 radical (unpaired) electrons. The number of carbonyl (C=O) groups is 3. The minimum absolute atomic E-state index is 0.103. The van der Waals surface area contributed by atoms with Crippen LogP contribution in [0.1, 0.15) is 40.5 Å². The molecule has 8 nitrogen and oxygen atoms in total. The number of ether oxygens (including phenoxy) is 1. The van der Waals surface area contributed by atoms with Gasteiger partial charge in [0.15, 0.2) is 0 Å². The Morgan fingerprint density at radius 2 is 1.83 bits per heavy atom. The maximum Gasteiger partial charge on any atom is 0.408 e. The highest BCUT2D eigenvalue weighted by molar-refractivity contribution is 6.07.